The quantitative estimate of drug-likeness (QED) is 0.736. The van der Waals surface area contributed by atoms with E-state index in [1.807, 2.05) is 47.9 Å². The van der Waals surface area contributed by atoms with Crippen molar-refractivity contribution in [2.24, 2.45) is 10.3 Å². The maximum Gasteiger partial charge on any atom is 0.285 e. The van der Waals surface area contributed by atoms with Gasteiger partial charge in [-0.1, -0.05) is 29.8 Å². The first-order chi connectivity index (χ1) is 13.9. The van der Waals surface area contributed by atoms with Crippen LogP contribution in [-0.4, -0.2) is 69.4 Å². The number of ether oxygens (including phenoxy) is 1. The number of hydrogen-bond acceptors (Lipinski definition) is 5. The number of hydrogen-bond donors (Lipinski definition) is 0. The maximum atomic E-state index is 12.8. The highest BCUT2D eigenvalue weighted by molar-refractivity contribution is 8.00. The molecule has 29 heavy (non-hydrogen) atoms. The van der Waals surface area contributed by atoms with Crippen LogP contribution >= 0.6 is 0 Å². The molecule has 3 heterocycles. The van der Waals surface area contributed by atoms with E-state index in [0.717, 1.165) is 18.4 Å². The van der Waals surface area contributed by atoms with E-state index in [-0.39, 0.29) is 16.7 Å². The summed E-state index contributed by atoms with van der Waals surface area (Å²) in [5.41, 5.74) is 2.42. The smallest absolute Gasteiger partial charge is 0.285 e. The predicted octanol–water partition coefficient (Wildman–Crippen LogP) is 2.04. The minimum atomic E-state index is -3.73. The molecule has 1 atom stereocenters. The highest BCUT2D eigenvalue weighted by Gasteiger charge is 2.35. The third kappa shape index (κ3) is 3.96. The van der Waals surface area contributed by atoms with Gasteiger partial charge in [-0.25, -0.2) is 0 Å². The van der Waals surface area contributed by atoms with Gasteiger partial charge in [-0.3, -0.25) is 4.79 Å². The number of aryl methyl sites for hydroxylation is 1. The van der Waals surface area contributed by atoms with Gasteiger partial charge in [0.2, 0.25) is 5.91 Å². The summed E-state index contributed by atoms with van der Waals surface area (Å²) in [6, 6.07) is 7.48. The number of benzene rings is 1. The SMILES string of the molecule is CC1=C(c2ccc(C)cc2)S(=O)(=O)N=C1N1CCCN(C(=O)C2CCOC2)CC1. The molecule has 8 heteroatoms. The normalized spacial score (nSPS) is 24.6. The van der Waals surface area contributed by atoms with Gasteiger partial charge in [0.05, 0.1) is 12.5 Å². The summed E-state index contributed by atoms with van der Waals surface area (Å²) in [5.74, 6) is 0.623. The number of carbonyl (C=O) groups excluding carboxylic acids is 1. The van der Waals surface area contributed by atoms with E-state index in [9.17, 15) is 13.2 Å². The minimum absolute atomic E-state index is 0.0412. The number of carbonyl (C=O) groups is 1. The van der Waals surface area contributed by atoms with Crippen LogP contribution in [0.2, 0.25) is 0 Å². The summed E-state index contributed by atoms with van der Waals surface area (Å²) in [4.78, 5) is 16.9. The van der Waals surface area contributed by atoms with Gasteiger partial charge in [0, 0.05) is 38.4 Å². The van der Waals surface area contributed by atoms with Crippen LogP contribution in [0.4, 0.5) is 0 Å². The molecule has 3 aliphatic heterocycles. The average molecular weight is 418 g/mol. The summed E-state index contributed by atoms with van der Waals surface area (Å²) in [6.07, 6.45) is 1.57. The molecule has 0 radical (unpaired) electrons. The van der Waals surface area contributed by atoms with Crippen LogP contribution in [0.3, 0.4) is 0 Å². The zero-order chi connectivity index (χ0) is 20.6. The molecular weight excluding hydrogens is 390 g/mol. The van der Waals surface area contributed by atoms with Crippen molar-refractivity contribution in [3.05, 3.63) is 41.0 Å². The number of nitrogens with zero attached hydrogens (tertiary/aromatic N) is 3. The van der Waals surface area contributed by atoms with E-state index in [2.05, 4.69) is 4.40 Å². The lowest BCUT2D eigenvalue weighted by Crippen LogP contribution is -2.40. The highest BCUT2D eigenvalue weighted by atomic mass is 32.2. The third-order valence-corrected chi connectivity index (χ3v) is 7.31. The molecule has 0 spiro atoms. The van der Waals surface area contributed by atoms with Gasteiger partial charge in [-0.05, 0) is 32.3 Å². The molecule has 2 fully saturated rings. The summed E-state index contributed by atoms with van der Waals surface area (Å²) in [7, 11) is -3.73. The Morgan fingerprint density at radius 2 is 1.86 bits per heavy atom. The molecule has 2 saturated heterocycles. The second-order valence-electron chi connectivity index (χ2n) is 7.94. The number of amides is 1. The van der Waals surface area contributed by atoms with Crippen molar-refractivity contribution in [2.75, 3.05) is 39.4 Å². The molecule has 1 aromatic rings. The minimum Gasteiger partial charge on any atom is -0.381 e. The molecule has 0 aromatic heterocycles. The van der Waals surface area contributed by atoms with E-state index in [1.165, 1.54) is 0 Å². The molecule has 0 N–H and O–H groups in total. The average Bonchev–Trinajstić information content (AvgIpc) is 3.21. The molecule has 0 saturated carbocycles. The monoisotopic (exact) mass is 417 g/mol. The summed E-state index contributed by atoms with van der Waals surface area (Å²) < 4.78 is 35.0. The van der Waals surface area contributed by atoms with Crippen molar-refractivity contribution in [2.45, 2.75) is 26.7 Å². The van der Waals surface area contributed by atoms with Crippen LogP contribution in [0.15, 0.2) is 34.2 Å². The maximum absolute atomic E-state index is 12.8. The van der Waals surface area contributed by atoms with Gasteiger partial charge in [0.1, 0.15) is 10.7 Å². The Kier molecular flexibility index (Phi) is 5.48. The fraction of sp³-hybridized carbons (Fsp3) is 0.524. The number of amidine groups is 1. The fourth-order valence-electron chi connectivity index (χ4n) is 4.23. The van der Waals surface area contributed by atoms with Crippen LogP contribution < -0.4 is 0 Å². The van der Waals surface area contributed by atoms with Crippen molar-refractivity contribution in [1.82, 2.24) is 9.80 Å². The van der Waals surface area contributed by atoms with Crippen molar-refractivity contribution < 1.29 is 17.9 Å². The first-order valence-electron chi connectivity index (χ1n) is 10.1. The lowest BCUT2D eigenvalue weighted by atomic mass is 10.1. The Labute approximate surface area is 172 Å². The fourth-order valence-corrected chi connectivity index (χ4v) is 5.71. The summed E-state index contributed by atoms with van der Waals surface area (Å²) in [6.45, 7) is 7.45. The standard InChI is InChI=1S/C21H27N3O4S/c1-15-4-6-17(7-5-15)19-16(2)20(22-29(19,26)27)23-9-3-10-24(12-11-23)21(25)18-8-13-28-14-18/h4-7,18H,3,8-14H2,1-2H3. The molecule has 4 rings (SSSR count). The van der Waals surface area contributed by atoms with Crippen LogP contribution in [-0.2, 0) is 19.6 Å². The largest absolute Gasteiger partial charge is 0.381 e. The molecular formula is C21H27N3O4S. The van der Waals surface area contributed by atoms with E-state index in [4.69, 9.17) is 4.74 Å². The molecule has 3 aliphatic rings. The van der Waals surface area contributed by atoms with Gasteiger partial charge in [-0.15, -0.1) is 4.40 Å². The van der Waals surface area contributed by atoms with Crippen molar-refractivity contribution in [1.29, 1.82) is 0 Å². The molecule has 1 unspecified atom stereocenters. The van der Waals surface area contributed by atoms with Crippen molar-refractivity contribution >= 4 is 26.7 Å². The number of sulfonamides is 1. The summed E-state index contributed by atoms with van der Waals surface area (Å²) >= 11 is 0. The second kappa shape index (κ2) is 7.91. The van der Waals surface area contributed by atoms with Gasteiger partial charge >= 0.3 is 0 Å². The molecule has 0 aliphatic carbocycles. The molecule has 0 bridgehead atoms. The third-order valence-electron chi connectivity index (χ3n) is 5.84. The molecule has 156 valence electrons. The Morgan fingerprint density at radius 1 is 1.10 bits per heavy atom. The lowest BCUT2D eigenvalue weighted by molar-refractivity contribution is -0.135. The first kappa shape index (κ1) is 20.1. The van der Waals surface area contributed by atoms with Gasteiger partial charge < -0.3 is 14.5 Å². The van der Waals surface area contributed by atoms with Crippen LogP contribution in [0.1, 0.15) is 30.9 Å². The van der Waals surface area contributed by atoms with Crippen LogP contribution in [0, 0.1) is 12.8 Å². The topological polar surface area (TPSA) is 79.3 Å². The summed E-state index contributed by atoms with van der Waals surface area (Å²) in [5, 5.41) is 0. The second-order valence-corrected chi connectivity index (χ2v) is 9.48. The van der Waals surface area contributed by atoms with E-state index < -0.39 is 10.0 Å². The van der Waals surface area contributed by atoms with E-state index in [1.54, 1.807) is 0 Å². The van der Waals surface area contributed by atoms with Crippen LogP contribution in [0.25, 0.3) is 4.91 Å². The van der Waals surface area contributed by atoms with Crippen molar-refractivity contribution in [3.8, 4) is 0 Å². The Bertz CT molecular complexity index is 960. The Hall–Kier alpha value is -2.19. The Balaban J connectivity index is 1.53. The molecule has 1 amide bonds. The van der Waals surface area contributed by atoms with Gasteiger partial charge in [-0.2, -0.15) is 8.42 Å². The zero-order valence-corrected chi connectivity index (χ0v) is 17.7. The van der Waals surface area contributed by atoms with E-state index in [0.29, 0.717) is 56.4 Å². The molecule has 7 nitrogen and oxygen atoms in total. The molecule has 1 aromatic carbocycles. The van der Waals surface area contributed by atoms with Crippen molar-refractivity contribution in [3.63, 3.8) is 0 Å². The predicted molar refractivity (Wildman–Crippen MR) is 112 cm³/mol. The van der Waals surface area contributed by atoms with Gasteiger partial charge in [0.25, 0.3) is 10.0 Å². The van der Waals surface area contributed by atoms with E-state index >= 15 is 0 Å². The lowest BCUT2D eigenvalue weighted by Gasteiger charge is -2.25. The highest BCUT2D eigenvalue weighted by Crippen LogP contribution is 2.34. The van der Waals surface area contributed by atoms with Gasteiger partial charge in [0.15, 0.2) is 0 Å². The number of rotatable bonds is 2. The van der Waals surface area contributed by atoms with Crippen LogP contribution in [0.5, 0.6) is 0 Å². The zero-order valence-electron chi connectivity index (χ0n) is 16.9. The Morgan fingerprint density at radius 3 is 2.55 bits per heavy atom. The first-order valence-corrected chi connectivity index (χ1v) is 11.6.